The van der Waals surface area contributed by atoms with Crippen LogP contribution < -0.4 is 5.32 Å². The third-order valence-corrected chi connectivity index (χ3v) is 3.81. The van der Waals surface area contributed by atoms with E-state index in [1.807, 2.05) is 4.90 Å². The van der Waals surface area contributed by atoms with E-state index in [4.69, 9.17) is 11.6 Å². The Kier molecular flexibility index (Phi) is 5.12. The van der Waals surface area contributed by atoms with E-state index < -0.39 is 6.04 Å². The van der Waals surface area contributed by atoms with Gasteiger partial charge in [-0.2, -0.15) is 0 Å². The summed E-state index contributed by atoms with van der Waals surface area (Å²) in [6.45, 7) is 5.02. The molecule has 1 aliphatic rings. The molecule has 0 bridgehead atoms. The molecule has 6 nitrogen and oxygen atoms in total. The van der Waals surface area contributed by atoms with Crippen molar-refractivity contribution in [3.63, 3.8) is 0 Å². The van der Waals surface area contributed by atoms with Crippen molar-refractivity contribution in [1.82, 2.24) is 14.9 Å². The first-order valence-electron chi connectivity index (χ1n) is 7.07. The molecule has 0 radical (unpaired) electrons. The fraction of sp³-hybridized carbons (Fsp3) is 0.571. The summed E-state index contributed by atoms with van der Waals surface area (Å²) in [5.41, 5.74) is 0.181. The van der Waals surface area contributed by atoms with Gasteiger partial charge in [0.15, 0.2) is 6.29 Å². The minimum absolute atomic E-state index is 0.0129. The molecule has 1 saturated heterocycles. The summed E-state index contributed by atoms with van der Waals surface area (Å²) >= 11 is 5.93. The number of halogens is 1. The maximum absolute atomic E-state index is 12.4. The molecular weight excluding hydrogens is 292 g/mol. The van der Waals surface area contributed by atoms with Crippen molar-refractivity contribution < 1.29 is 9.59 Å². The van der Waals surface area contributed by atoms with Gasteiger partial charge in [0, 0.05) is 13.1 Å². The molecule has 1 N–H and O–H groups in total. The van der Waals surface area contributed by atoms with Crippen molar-refractivity contribution >= 4 is 29.6 Å². The maximum Gasteiger partial charge on any atom is 0.244 e. The predicted molar refractivity (Wildman–Crippen MR) is 80.7 cm³/mol. The summed E-state index contributed by atoms with van der Waals surface area (Å²) < 4.78 is 0. The van der Waals surface area contributed by atoms with Gasteiger partial charge in [-0.25, -0.2) is 9.97 Å². The van der Waals surface area contributed by atoms with Crippen LogP contribution >= 0.6 is 11.6 Å². The standard InChI is InChI=1S/C14H19ClN4O2/c1-9(14(21)19-6-4-3-5-7-19)16-13-11(8-20)12(15)17-10(2)18-13/h8-9H,3-7H2,1-2H3,(H,16,17,18). The van der Waals surface area contributed by atoms with Gasteiger partial charge >= 0.3 is 0 Å². The van der Waals surface area contributed by atoms with Gasteiger partial charge in [-0.3, -0.25) is 9.59 Å². The molecule has 0 aliphatic carbocycles. The molecule has 1 aromatic rings. The normalized spacial score (nSPS) is 16.4. The van der Waals surface area contributed by atoms with Crippen molar-refractivity contribution in [3.8, 4) is 0 Å². The summed E-state index contributed by atoms with van der Waals surface area (Å²) in [4.78, 5) is 33.4. The topological polar surface area (TPSA) is 75.2 Å². The lowest BCUT2D eigenvalue weighted by atomic mass is 10.1. The Balaban J connectivity index is 2.13. The number of carbonyl (C=O) groups is 2. The van der Waals surface area contributed by atoms with Gasteiger partial charge in [0.25, 0.3) is 0 Å². The van der Waals surface area contributed by atoms with Crippen molar-refractivity contribution in [1.29, 1.82) is 0 Å². The van der Waals surface area contributed by atoms with Crippen LogP contribution in [0.2, 0.25) is 5.15 Å². The summed E-state index contributed by atoms with van der Waals surface area (Å²) in [5.74, 6) is 0.769. The Hall–Kier alpha value is -1.69. The first kappa shape index (κ1) is 15.7. The van der Waals surface area contributed by atoms with Crippen LogP contribution in [0.5, 0.6) is 0 Å². The number of piperidine rings is 1. The molecule has 0 aromatic carbocycles. The monoisotopic (exact) mass is 310 g/mol. The average Bonchev–Trinajstić information content (AvgIpc) is 2.47. The Morgan fingerprint density at radius 2 is 2.00 bits per heavy atom. The van der Waals surface area contributed by atoms with Gasteiger partial charge in [0.05, 0.1) is 5.56 Å². The zero-order valence-corrected chi connectivity index (χ0v) is 13.0. The fourth-order valence-corrected chi connectivity index (χ4v) is 2.67. The second kappa shape index (κ2) is 6.85. The van der Waals surface area contributed by atoms with E-state index in [0.29, 0.717) is 17.9 Å². The number of rotatable bonds is 4. The van der Waals surface area contributed by atoms with Gasteiger partial charge in [0.1, 0.15) is 22.8 Å². The predicted octanol–water partition coefficient (Wildman–Crippen LogP) is 2.06. The average molecular weight is 311 g/mol. The highest BCUT2D eigenvalue weighted by Gasteiger charge is 2.23. The molecule has 21 heavy (non-hydrogen) atoms. The lowest BCUT2D eigenvalue weighted by molar-refractivity contribution is -0.132. The molecular formula is C14H19ClN4O2. The number of hydrogen-bond donors (Lipinski definition) is 1. The summed E-state index contributed by atoms with van der Waals surface area (Å²) in [7, 11) is 0. The van der Waals surface area contributed by atoms with E-state index >= 15 is 0 Å². The zero-order chi connectivity index (χ0) is 15.4. The fourth-order valence-electron chi connectivity index (χ4n) is 2.42. The molecule has 2 heterocycles. The number of aldehydes is 1. The highest BCUT2D eigenvalue weighted by atomic mass is 35.5. The van der Waals surface area contributed by atoms with E-state index in [9.17, 15) is 9.59 Å². The molecule has 7 heteroatoms. The largest absolute Gasteiger partial charge is 0.358 e. The highest BCUT2D eigenvalue weighted by molar-refractivity contribution is 6.32. The zero-order valence-electron chi connectivity index (χ0n) is 12.2. The van der Waals surface area contributed by atoms with Crippen LogP contribution in [0.15, 0.2) is 0 Å². The molecule has 2 rings (SSSR count). The van der Waals surface area contributed by atoms with Crippen molar-refractivity contribution in [2.24, 2.45) is 0 Å². The van der Waals surface area contributed by atoms with Crippen LogP contribution in [0, 0.1) is 6.92 Å². The summed E-state index contributed by atoms with van der Waals surface area (Å²) in [5, 5.41) is 3.08. The molecule has 1 amide bonds. The third-order valence-electron chi connectivity index (χ3n) is 3.52. The van der Waals surface area contributed by atoms with Gasteiger partial charge < -0.3 is 10.2 Å². The Morgan fingerprint density at radius 3 is 2.62 bits per heavy atom. The number of nitrogens with one attached hydrogen (secondary N) is 1. The van der Waals surface area contributed by atoms with Crippen LogP contribution in [0.1, 0.15) is 42.4 Å². The SMILES string of the molecule is Cc1nc(Cl)c(C=O)c(NC(C)C(=O)N2CCCCC2)n1. The quantitative estimate of drug-likeness (QED) is 0.680. The van der Waals surface area contributed by atoms with Gasteiger partial charge in [-0.15, -0.1) is 0 Å². The van der Waals surface area contributed by atoms with Crippen LogP contribution in [-0.2, 0) is 4.79 Å². The second-order valence-corrected chi connectivity index (χ2v) is 5.55. The van der Waals surface area contributed by atoms with Crippen LogP contribution in [0.3, 0.4) is 0 Å². The number of aromatic nitrogens is 2. The second-order valence-electron chi connectivity index (χ2n) is 5.19. The van der Waals surface area contributed by atoms with Gasteiger partial charge in [-0.05, 0) is 33.1 Å². The first-order chi connectivity index (χ1) is 10.0. The summed E-state index contributed by atoms with van der Waals surface area (Å²) in [6, 6.07) is -0.466. The number of likely N-dealkylation sites (tertiary alicyclic amines) is 1. The smallest absolute Gasteiger partial charge is 0.244 e. The lowest BCUT2D eigenvalue weighted by Crippen LogP contribution is -2.44. The van der Waals surface area contributed by atoms with Crippen LogP contribution in [-0.4, -0.2) is 46.2 Å². The van der Waals surface area contributed by atoms with Crippen LogP contribution in [0.25, 0.3) is 0 Å². The van der Waals surface area contributed by atoms with Crippen molar-refractivity contribution in [2.45, 2.75) is 39.2 Å². The molecule has 114 valence electrons. The molecule has 1 aliphatic heterocycles. The van der Waals surface area contributed by atoms with E-state index in [1.54, 1.807) is 13.8 Å². The molecule has 1 fully saturated rings. The van der Waals surface area contributed by atoms with E-state index in [-0.39, 0.29) is 16.6 Å². The third kappa shape index (κ3) is 3.69. The lowest BCUT2D eigenvalue weighted by Gasteiger charge is -2.29. The molecule has 1 aromatic heterocycles. The Labute approximate surface area is 128 Å². The maximum atomic E-state index is 12.4. The van der Waals surface area contributed by atoms with E-state index in [1.165, 1.54) is 6.42 Å². The first-order valence-corrected chi connectivity index (χ1v) is 7.45. The highest BCUT2D eigenvalue weighted by Crippen LogP contribution is 2.20. The van der Waals surface area contributed by atoms with E-state index in [0.717, 1.165) is 25.9 Å². The number of amides is 1. The summed E-state index contributed by atoms with van der Waals surface area (Å²) in [6.07, 6.45) is 3.84. The Morgan fingerprint density at radius 1 is 1.33 bits per heavy atom. The van der Waals surface area contributed by atoms with E-state index in [2.05, 4.69) is 15.3 Å². The minimum atomic E-state index is -0.466. The Bertz CT molecular complexity index is 544. The number of carbonyl (C=O) groups excluding carboxylic acids is 2. The van der Waals surface area contributed by atoms with Crippen molar-refractivity contribution in [2.75, 3.05) is 18.4 Å². The number of hydrogen-bond acceptors (Lipinski definition) is 5. The molecule has 0 saturated carbocycles. The molecule has 0 spiro atoms. The molecule has 1 atom stereocenters. The number of nitrogens with zero attached hydrogens (tertiary/aromatic N) is 3. The van der Waals surface area contributed by atoms with Gasteiger partial charge in [-0.1, -0.05) is 11.6 Å². The van der Waals surface area contributed by atoms with Crippen molar-refractivity contribution in [3.05, 3.63) is 16.5 Å². The molecule has 1 unspecified atom stereocenters. The number of anilines is 1. The number of aryl methyl sites for hydroxylation is 1. The minimum Gasteiger partial charge on any atom is -0.358 e. The van der Waals surface area contributed by atoms with Gasteiger partial charge in [0.2, 0.25) is 5.91 Å². The van der Waals surface area contributed by atoms with Crippen LogP contribution in [0.4, 0.5) is 5.82 Å².